The second-order valence-electron chi connectivity index (χ2n) is 5.26. The molecule has 1 saturated carbocycles. The molecular formula is C17H24O3. The van der Waals surface area contributed by atoms with Crippen LogP contribution in [0.15, 0.2) is 12.2 Å². The van der Waals surface area contributed by atoms with Crippen LogP contribution in [0.25, 0.3) is 0 Å². The summed E-state index contributed by atoms with van der Waals surface area (Å²) in [5.74, 6) is 5.61. The summed E-state index contributed by atoms with van der Waals surface area (Å²) in [5.41, 5.74) is -0.364. The summed E-state index contributed by atoms with van der Waals surface area (Å²) < 4.78 is 5.09. The molecule has 1 fully saturated rings. The van der Waals surface area contributed by atoms with Crippen molar-refractivity contribution in [1.29, 1.82) is 0 Å². The van der Waals surface area contributed by atoms with E-state index >= 15 is 0 Å². The lowest BCUT2D eigenvalue weighted by molar-refractivity contribution is -0.158. The van der Waals surface area contributed by atoms with Gasteiger partial charge in [0, 0.05) is 19.3 Å². The van der Waals surface area contributed by atoms with E-state index in [-0.39, 0.29) is 5.78 Å². The summed E-state index contributed by atoms with van der Waals surface area (Å²) >= 11 is 0. The van der Waals surface area contributed by atoms with Crippen LogP contribution in [0.2, 0.25) is 0 Å². The molecule has 0 heterocycles. The van der Waals surface area contributed by atoms with Crippen molar-refractivity contribution in [3.8, 4) is 11.8 Å². The zero-order valence-corrected chi connectivity index (χ0v) is 12.6. The number of ketones is 1. The fraction of sp³-hybridized carbons (Fsp3) is 0.647. The SMILES string of the molecule is C=C(C#CCCCC)CC1(C(=O)OCC)CCCC1=O. The van der Waals surface area contributed by atoms with Crippen LogP contribution in [-0.4, -0.2) is 18.4 Å². The average Bonchev–Trinajstić information content (AvgIpc) is 2.77. The molecule has 0 amide bonds. The maximum absolute atomic E-state index is 12.2. The van der Waals surface area contributed by atoms with E-state index in [1.807, 2.05) is 0 Å². The summed E-state index contributed by atoms with van der Waals surface area (Å²) in [4.78, 5) is 24.3. The van der Waals surface area contributed by atoms with E-state index in [0.717, 1.165) is 25.7 Å². The Morgan fingerprint density at radius 2 is 2.20 bits per heavy atom. The first-order chi connectivity index (χ1) is 9.56. The van der Waals surface area contributed by atoms with Crippen molar-refractivity contribution in [3.05, 3.63) is 12.2 Å². The van der Waals surface area contributed by atoms with Crippen molar-refractivity contribution in [2.75, 3.05) is 6.61 Å². The van der Waals surface area contributed by atoms with Crippen LogP contribution >= 0.6 is 0 Å². The lowest BCUT2D eigenvalue weighted by Gasteiger charge is -2.24. The van der Waals surface area contributed by atoms with Gasteiger partial charge in [0.15, 0.2) is 5.78 Å². The van der Waals surface area contributed by atoms with Gasteiger partial charge in [0.1, 0.15) is 5.41 Å². The molecule has 1 rings (SSSR count). The van der Waals surface area contributed by atoms with Crippen LogP contribution in [0.5, 0.6) is 0 Å². The Labute approximate surface area is 121 Å². The number of hydrogen-bond acceptors (Lipinski definition) is 3. The van der Waals surface area contributed by atoms with Gasteiger partial charge in [-0.2, -0.15) is 0 Å². The minimum Gasteiger partial charge on any atom is -0.465 e. The van der Waals surface area contributed by atoms with Crippen molar-refractivity contribution >= 4 is 11.8 Å². The topological polar surface area (TPSA) is 43.4 Å². The Kier molecular flexibility index (Phi) is 6.51. The van der Waals surface area contributed by atoms with Gasteiger partial charge in [-0.3, -0.25) is 9.59 Å². The first-order valence-corrected chi connectivity index (χ1v) is 7.44. The van der Waals surface area contributed by atoms with Gasteiger partial charge in [-0.1, -0.05) is 31.8 Å². The molecule has 1 aliphatic rings. The van der Waals surface area contributed by atoms with Gasteiger partial charge in [-0.15, -0.1) is 0 Å². The van der Waals surface area contributed by atoms with E-state index < -0.39 is 11.4 Å². The normalized spacial score (nSPS) is 21.2. The molecule has 110 valence electrons. The fourth-order valence-electron chi connectivity index (χ4n) is 2.53. The number of ether oxygens (including phenoxy) is 1. The standard InChI is InChI=1S/C17H24O3/c1-4-6-7-8-10-14(3)13-17(16(19)20-5-2)12-9-11-15(17)18/h3-7,9,11-13H2,1-2H3. The molecule has 3 nitrogen and oxygen atoms in total. The summed E-state index contributed by atoms with van der Waals surface area (Å²) in [5, 5.41) is 0. The molecule has 1 unspecified atom stereocenters. The molecule has 1 aliphatic carbocycles. The van der Waals surface area contributed by atoms with Crippen LogP contribution in [0.4, 0.5) is 0 Å². The maximum atomic E-state index is 12.2. The van der Waals surface area contributed by atoms with Crippen LogP contribution < -0.4 is 0 Å². The number of rotatable bonds is 6. The third-order valence-corrected chi connectivity index (χ3v) is 3.64. The summed E-state index contributed by atoms with van der Waals surface area (Å²) in [7, 11) is 0. The van der Waals surface area contributed by atoms with Crippen molar-refractivity contribution in [2.24, 2.45) is 5.41 Å². The fourth-order valence-corrected chi connectivity index (χ4v) is 2.53. The van der Waals surface area contributed by atoms with Crippen molar-refractivity contribution < 1.29 is 14.3 Å². The van der Waals surface area contributed by atoms with Gasteiger partial charge in [0.05, 0.1) is 6.61 Å². The zero-order chi connectivity index (χ0) is 15.0. The largest absolute Gasteiger partial charge is 0.465 e. The minimum atomic E-state index is -1.02. The third-order valence-electron chi connectivity index (χ3n) is 3.64. The number of hydrogen-bond donors (Lipinski definition) is 0. The Morgan fingerprint density at radius 3 is 2.75 bits per heavy atom. The predicted molar refractivity (Wildman–Crippen MR) is 79.0 cm³/mol. The molecule has 3 heteroatoms. The molecule has 0 radical (unpaired) electrons. The lowest BCUT2D eigenvalue weighted by Crippen LogP contribution is -2.37. The van der Waals surface area contributed by atoms with E-state index in [1.165, 1.54) is 0 Å². The minimum absolute atomic E-state index is 0.0209. The van der Waals surface area contributed by atoms with Gasteiger partial charge in [0.2, 0.25) is 0 Å². The molecule has 0 N–H and O–H groups in total. The Hall–Kier alpha value is -1.56. The van der Waals surface area contributed by atoms with Crippen molar-refractivity contribution in [3.63, 3.8) is 0 Å². The third kappa shape index (κ3) is 3.96. The summed E-state index contributed by atoms with van der Waals surface area (Å²) in [6.45, 7) is 8.07. The first-order valence-electron chi connectivity index (χ1n) is 7.44. The number of esters is 1. The lowest BCUT2D eigenvalue weighted by atomic mass is 9.79. The molecule has 20 heavy (non-hydrogen) atoms. The van der Waals surface area contributed by atoms with Crippen molar-refractivity contribution in [1.82, 2.24) is 0 Å². The van der Waals surface area contributed by atoms with E-state index in [2.05, 4.69) is 25.3 Å². The highest BCUT2D eigenvalue weighted by atomic mass is 16.5. The van der Waals surface area contributed by atoms with Gasteiger partial charge in [-0.05, 0) is 31.8 Å². The predicted octanol–water partition coefficient (Wildman–Crippen LogP) is 3.43. The van der Waals surface area contributed by atoms with Gasteiger partial charge < -0.3 is 4.74 Å². The molecule has 0 bridgehead atoms. The highest BCUT2D eigenvalue weighted by Gasteiger charge is 2.49. The molecule has 0 spiro atoms. The second-order valence-corrected chi connectivity index (χ2v) is 5.26. The highest BCUT2D eigenvalue weighted by molar-refractivity contribution is 6.05. The Balaban J connectivity index is 2.75. The van der Waals surface area contributed by atoms with Crippen LogP contribution in [-0.2, 0) is 14.3 Å². The van der Waals surface area contributed by atoms with Gasteiger partial charge in [-0.25, -0.2) is 0 Å². The van der Waals surface area contributed by atoms with E-state index in [0.29, 0.717) is 31.4 Å². The summed E-state index contributed by atoms with van der Waals surface area (Å²) in [6.07, 6.45) is 5.05. The maximum Gasteiger partial charge on any atom is 0.319 e. The number of carbonyl (C=O) groups is 2. The number of allylic oxidation sites excluding steroid dienone is 1. The highest BCUT2D eigenvalue weighted by Crippen LogP contribution is 2.41. The average molecular weight is 276 g/mol. The van der Waals surface area contributed by atoms with Crippen LogP contribution in [0.1, 0.15) is 58.8 Å². The van der Waals surface area contributed by atoms with Gasteiger partial charge in [0.25, 0.3) is 0 Å². The van der Waals surface area contributed by atoms with E-state index in [9.17, 15) is 9.59 Å². The molecule has 1 atom stereocenters. The van der Waals surface area contributed by atoms with E-state index in [4.69, 9.17) is 4.74 Å². The zero-order valence-electron chi connectivity index (χ0n) is 12.6. The molecular weight excluding hydrogens is 252 g/mol. The first kappa shape index (κ1) is 16.5. The summed E-state index contributed by atoms with van der Waals surface area (Å²) in [6, 6.07) is 0. The Bertz CT molecular complexity index is 439. The van der Waals surface area contributed by atoms with E-state index in [1.54, 1.807) is 6.92 Å². The molecule has 0 aliphatic heterocycles. The number of Topliss-reactive ketones (excluding diaryl/α,β-unsaturated/α-hetero) is 1. The van der Waals surface area contributed by atoms with Crippen LogP contribution in [0.3, 0.4) is 0 Å². The van der Waals surface area contributed by atoms with Gasteiger partial charge >= 0.3 is 5.97 Å². The van der Waals surface area contributed by atoms with Crippen molar-refractivity contribution in [2.45, 2.75) is 58.8 Å². The number of carbonyl (C=O) groups excluding carboxylic acids is 2. The molecule has 0 aromatic carbocycles. The number of unbranched alkanes of at least 4 members (excludes halogenated alkanes) is 2. The quantitative estimate of drug-likeness (QED) is 0.323. The van der Waals surface area contributed by atoms with Crippen LogP contribution in [0, 0.1) is 17.3 Å². The molecule has 0 aromatic rings. The monoisotopic (exact) mass is 276 g/mol. The second kappa shape index (κ2) is 7.89. The smallest absolute Gasteiger partial charge is 0.319 e. The Morgan fingerprint density at radius 1 is 1.45 bits per heavy atom. The molecule has 0 saturated heterocycles. The molecule has 0 aromatic heterocycles.